The summed E-state index contributed by atoms with van der Waals surface area (Å²) < 4.78 is 12.7. The summed E-state index contributed by atoms with van der Waals surface area (Å²) in [6.07, 6.45) is 1.82. The van der Waals surface area contributed by atoms with Crippen molar-refractivity contribution >= 4 is 18.3 Å². The molecule has 6 heteroatoms. The van der Waals surface area contributed by atoms with Crippen molar-refractivity contribution in [3.8, 4) is 0 Å². The molecule has 1 aromatic carbocycles. The minimum absolute atomic E-state index is 0. The Morgan fingerprint density at radius 3 is 2.76 bits per heavy atom. The van der Waals surface area contributed by atoms with Crippen molar-refractivity contribution in [3.05, 3.63) is 35.6 Å². The molecular weight excluding hydrogens is 293 g/mol. The van der Waals surface area contributed by atoms with Crippen LogP contribution >= 0.6 is 12.4 Å². The van der Waals surface area contributed by atoms with Gasteiger partial charge in [-0.05, 0) is 44.1 Å². The molecule has 0 saturated carbocycles. The van der Waals surface area contributed by atoms with Crippen molar-refractivity contribution in [1.82, 2.24) is 15.5 Å². The second-order valence-corrected chi connectivity index (χ2v) is 5.29. The fourth-order valence-electron chi connectivity index (χ4n) is 2.42. The average molecular weight is 316 g/mol. The van der Waals surface area contributed by atoms with Crippen LogP contribution in [0.15, 0.2) is 24.3 Å². The maximum atomic E-state index is 12.7. The van der Waals surface area contributed by atoms with E-state index in [0.29, 0.717) is 19.1 Å². The molecule has 2 rings (SSSR count). The van der Waals surface area contributed by atoms with Crippen LogP contribution in [0.5, 0.6) is 0 Å². The number of amides is 1. The Kier molecular flexibility index (Phi) is 7.64. The molecule has 1 atom stereocenters. The van der Waals surface area contributed by atoms with Gasteiger partial charge in [-0.2, -0.15) is 0 Å². The first-order valence-electron chi connectivity index (χ1n) is 7.07. The minimum Gasteiger partial charge on any atom is -0.355 e. The molecule has 1 amide bonds. The molecule has 1 unspecified atom stereocenters. The highest BCUT2D eigenvalue weighted by Gasteiger charge is 2.20. The highest BCUT2D eigenvalue weighted by atomic mass is 35.5. The maximum Gasteiger partial charge on any atom is 0.234 e. The van der Waals surface area contributed by atoms with Crippen molar-refractivity contribution in [2.75, 3.05) is 33.2 Å². The monoisotopic (exact) mass is 315 g/mol. The quantitative estimate of drug-likeness (QED) is 0.829. The van der Waals surface area contributed by atoms with Crippen molar-refractivity contribution in [1.29, 1.82) is 0 Å². The number of halogens is 2. The first kappa shape index (κ1) is 17.9. The maximum absolute atomic E-state index is 12.7. The van der Waals surface area contributed by atoms with Gasteiger partial charge in [0.25, 0.3) is 0 Å². The molecule has 1 fully saturated rings. The second kappa shape index (κ2) is 8.97. The lowest BCUT2D eigenvalue weighted by atomic mass is 10.1. The number of hydrogen-bond acceptors (Lipinski definition) is 3. The van der Waals surface area contributed by atoms with Gasteiger partial charge in [-0.3, -0.25) is 9.69 Å². The van der Waals surface area contributed by atoms with Gasteiger partial charge < -0.3 is 10.6 Å². The van der Waals surface area contributed by atoms with Crippen LogP contribution in [0.3, 0.4) is 0 Å². The normalized spacial score (nSPS) is 17.6. The van der Waals surface area contributed by atoms with Gasteiger partial charge in [0.2, 0.25) is 5.91 Å². The van der Waals surface area contributed by atoms with Crippen LogP contribution in [0.25, 0.3) is 0 Å². The molecule has 1 aromatic rings. The molecule has 1 heterocycles. The molecule has 21 heavy (non-hydrogen) atoms. The Morgan fingerprint density at radius 2 is 2.14 bits per heavy atom. The number of rotatable bonds is 6. The van der Waals surface area contributed by atoms with Crippen LogP contribution in [0, 0.1) is 5.82 Å². The predicted octanol–water partition coefficient (Wildman–Crippen LogP) is 1.20. The van der Waals surface area contributed by atoms with Crippen LogP contribution in [0.1, 0.15) is 12.0 Å². The van der Waals surface area contributed by atoms with E-state index in [9.17, 15) is 9.18 Å². The largest absolute Gasteiger partial charge is 0.355 e. The van der Waals surface area contributed by atoms with E-state index in [1.165, 1.54) is 12.1 Å². The molecule has 118 valence electrons. The third-order valence-electron chi connectivity index (χ3n) is 3.70. The van der Waals surface area contributed by atoms with E-state index in [0.717, 1.165) is 31.5 Å². The van der Waals surface area contributed by atoms with Gasteiger partial charge in [-0.1, -0.05) is 12.1 Å². The van der Waals surface area contributed by atoms with Crippen LogP contribution in [0.4, 0.5) is 4.39 Å². The van der Waals surface area contributed by atoms with Gasteiger partial charge in [0.05, 0.1) is 6.54 Å². The SMILES string of the molecule is CN(CC(=O)NCCc1ccc(F)cc1)C1CCNC1.Cl. The lowest BCUT2D eigenvalue weighted by Gasteiger charge is -2.22. The number of nitrogens with one attached hydrogen (secondary N) is 2. The van der Waals surface area contributed by atoms with Gasteiger partial charge in [0, 0.05) is 19.1 Å². The van der Waals surface area contributed by atoms with E-state index in [1.54, 1.807) is 12.1 Å². The van der Waals surface area contributed by atoms with Crippen molar-refractivity contribution in [2.45, 2.75) is 18.9 Å². The zero-order valence-corrected chi connectivity index (χ0v) is 13.1. The van der Waals surface area contributed by atoms with E-state index in [-0.39, 0.29) is 24.1 Å². The zero-order valence-electron chi connectivity index (χ0n) is 12.3. The van der Waals surface area contributed by atoms with Gasteiger partial charge in [0.15, 0.2) is 0 Å². The fraction of sp³-hybridized carbons (Fsp3) is 0.533. The lowest BCUT2D eigenvalue weighted by Crippen LogP contribution is -2.41. The highest BCUT2D eigenvalue weighted by molar-refractivity contribution is 5.85. The molecule has 1 saturated heterocycles. The van der Waals surface area contributed by atoms with Crippen LogP contribution in [-0.2, 0) is 11.2 Å². The number of nitrogens with zero attached hydrogens (tertiary/aromatic N) is 1. The van der Waals surface area contributed by atoms with Crippen LogP contribution in [0.2, 0.25) is 0 Å². The Bertz CT molecular complexity index is 435. The Morgan fingerprint density at radius 1 is 1.43 bits per heavy atom. The molecule has 0 spiro atoms. The van der Waals surface area contributed by atoms with Crippen molar-refractivity contribution in [2.24, 2.45) is 0 Å². The third kappa shape index (κ3) is 5.99. The van der Waals surface area contributed by atoms with E-state index in [2.05, 4.69) is 15.5 Å². The van der Waals surface area contributed by atoms with Gasteiger partial charge in [0.1, 0.15) is 5.82 Å². The molecule has 0 bridgehead atoms. The van der Waals surface area contributed by atoms with E-state index >= 15 is 0 Å². The Balaban J connectivity index is 0.00000220. The predicted molar refractivity (Wildman–Crippen MR) is 84.3 cm³/mol. The Hall–Kier alpha value is -1.17. The number of carbonyl (C=O) groups excluding carboxylic acids is 1. The zero-order chi connectivity index (χ0) is 14.4. The van der Waals surface area contributed by atoms with Crippen molar-refractivity contribution in [3.63, 3.8) is 0 Å². The van der Waals surface area contributed by atoms with E-state index in [1.807, 2.05) is 7.05 Å². The standard InChI is InChI=1S/C15H22FN3O.ClH/c1-19(14-7-8-17-10-14)11-15(20)18-9-6-12-2-4-13(16)5-3-12;/h2-5,14,17H,6-11H2,1H3,(H,18,20);1H. The molecule has 1 aliphatic rings. The first-order valence-corrected chi connectivity index (χ1v) is 7.07. The summed E-state index contributed by atoms with van der Waals surface area (Å²) in [5.74, 6) is -0.189. The van der Waals surface area contributed by atoms with E-state index < -0.39 is 0 Å². The summed E-state index contributed by atoms with van der Waals surface area (Å²) in [5, 5.41) is 6.20. The second-order valence-electron chi connectivity index (χ2n) is 5.29. The summed E-state index contributed by atoms with van der Waals surface area (Å²) in [6.45, 7) is 3.00. The number of hydrogen-bond donors (Lipinski definition) is 2. The fourth-order valence-corrected chi connectivity index (χ4v) is 2.42. The highest BCUT2D eigenvalue weighted by Crippen LogP contribution is 2.05. The van der Waals surface area contributed by atoms with Gasteiger partial charge >= 0.3 is 0 Å². The lowest BCUT2D eigenvalue weighted by molar-refractivity contribution is -0.122. The smallest absolute Gasteiger partial charge is 0.234 e. The summed E-state index contributed by atoms with van der Waals surface area (Å²) in [7, 11) is 1.98. The third-order valence-corrected chi connectivity index (χ3v) is 3.70. The molecule has 0 aromatic heterocycles. The topological polar surface area (TPSA) is 44.4 Å². The average Bonchev–Trinajstić information content (AvgIpc) is 2.95. The molecule has 2 N–H and O–H groups in total. The number of likely N-dealkylation sites (N-methyl/N-ethyl adjacent to an activating group) is 1. The summed E-state index contributed by atoms with van der Waals surface area (Å²) in [6, 6.07) is 6.84. The number of benzene rings is 1. The van der Waals surface area contributed by atoms with Crippen LogP contribution < -0.4 is 10.6 Å². The summed E-state index contributed by atoms with van der Waals surface area (Å²) >= 11 is 0. The van der Waals surface area contributed by atoms with Crippen LogP contribution in [-0.4, -0.2) is 50.1 Å². The van der Waals surface area contributed by atoms with Gasteiger partial charge in [-0.25, -0.2) is 4.39 Å². The molecule has 0 aliphatic carbocycles. The van der Waals surface area contributed by atoms with Crippen molar-refractivity contribution < 1.29 is 9.18 Å². The minimum atomic E-state index is -0.232. The Labute approximate surface area is 131 Å². The van der Waals surface area contributed by atoms with E-state index in [4.69, 9.17) is 0 Å². The van der Waals surface area contributed by atoms with Gasteiger partial charge in [-0.15, -0.1) is 12.4 Å². The summed E-state index contributed by atoms with van der Waals surface area (Å²) in [5.41, 5.74) is 1.03. The number of carbonyl (C=O) groups is 1. The molecule has 0 radical (unpaired) electrons. The molecular formula is C15H23ClFN3O. The first-order chi connectivity index (χ1) is 9.65. The summed E-state index contributed by atoms with van der Waals surface area (Å²) in [4.78, 5) is 13.9. The molecule has 4 nitrogen and oxygen atoms in total. The molecule has 1 aliphatic heterocycles.